The summed E-state index contributed by atoms with van der Waals surface area (Å²) in [6, 6.07) is 17.0. The molecule has 100 valence electrons. The van der Waals surface area contributed by atoms with Crippen molar-refractivity contribution in [1.29, 1.82) is 0 Å². The first-order valence-corrected chi connectivity index (χ1v) is 6.17. The largest absolute Gasteiger partial charge is 0.381 e. The van der Waals surface area contributed by atoms with Gasteiger partial charge in [0.1, 0.15) is 0 Å². The van der Waals surface area contributed by atoms with Crippen molar-refractivity contribution in [1.82, 2.24) is 0 Å². The lowest BCUT2D eigenvalue weighted by atomic mass is 10.1. The van der Waals surface area contributed by atoms with Crippen molar-refractivity contribution in [3.8, 4) is 0 Å². The predicted molar refractivity (Wildman–Crippen MR) is 79.9 cm³/mol. The number of nitrogens with two attached hydrogens (primary N) is 1. The van der Waals surface area contributed by atoms with E-state index in [0.29, 0.717) is 0 Å². The lowest BCUT2D eigenvalue weighted by Gasteiger charge is -2.08. The van der Waals surface area contributed by atoms with Crippen molar-refractivity contribution in [2.24, 2.45) is 5.73 Å². The monoisotopic (exact) mass is 256 g/mol. The first-order chi connectivity index (χ1) is 9.15. The molecule has 3 heteroatoms. The van der Waals surface area contributed by atoms with Crippen LogP contribution >= 0.6 is 0 Å². The molecule has 0 unspecified atom stereocenters. The highest BCUT2D eigenvalue weighted by Gasteiger charge is 1.95. The van der Waals surface area contributed by atoms with Crippen LogP contribution in [-0.4, -0.2) is 6.41 Å². The summed E-state index contributed by atoms with van der Waals surface area (Å²) in [5.41, 5.74) is 9.27. The Morgan fingerprint density at radius 2 is 1.58 bits per heavy atom. The zero-order valence-corrected chi connectivity index (χ0v) is 11.4. The van der Waals surface area contributed by atoms with Crippen LogP contribution in [0.2, 0.25) is 0 Å². The number of anilines is 1. The molecule has 0 heterocycles. The molecule has 1 amide bonds. The summed E-state index contributed by atoms with van der Waals surface area (Å²) in [5.74, 6) is 0. The Hall–Kier alpha value is -2.29. The average molecular weight is 256 g/mol. The first-order valence-electron chi connectivity index (χ1n) is 6.17. The van der Waals surface area contributed by atoms with E-state index >= 15 is 0 Å². The minimum Gasteiger partial charge on any atom is -0.381 e. The number of benzene rings is 2. The number of primary amides is 1. The lowest BCUT2D eigenvalue weighted by molar-refractivity contribution is -0.106. The van der Waals surface area contributed by atoms with Gasteiger partial charge in [-0.2, -0.15) is 0 Å². The molecule has 0 spiro atoms. The SMILES string of the molecule is Cc1cc(C)cc(NCc2ccccc2)c1.NC=O. The lowest BCUT2D eigenvalue weighted by Crippen LogP contribution is -1.99. The molecule has 0 aliphatic rings. The zero-order valence-electron chi connectivity index (χ0n) is 11.4. The van der Waals surface area contributed by atoms with Gasteiger partial charge >= 0.3 is 0 Å². The van der Waals surface area contributed by atoms with Gasteiger partial charge < -0.3 is 11.1 Å². The van der Waals surface area contributed by atoms with Gasteiger partial charge in [-0.3, -0.25) is 4.79 Å². The highest BCUT2D eigenvalue weighted by molar-refractivity contribution is 5.48. The van der Waals surface area contributed by atoms with Crippen molar-refractivity contribution in [2.75, 3.05) is 5.32 Å². The van der Waals surface area contributed by atoms with E-state index in [1.165, 1.54) is 22.4 Å². The third kappa shape index (κ3) is 5.73. The van der Waals surface area contributed by atoms with Gasteiger partial charge in [0.05, 0.1) is 0 Å². The second kappa shape index (κ2) is 7.93. The number of hydrogen-bond donors (Lipinski definition) is 2. The molecule has 0 aliphatic heterocycles. The maximum Gasteiger partial charge on any atom is 0.204 e. The third-order valence-corrected chi connectivity index (χ3v) is 2.56. The van der Waals surface area contributed by atoms with Gasteiger partial charge in [0.15, 0.2) is 0 Å². The Morgan fingerprint density at radius 3 is 2.11 bits per heavy atom. The predicted octanol–water partition coefficient (Wildman–Crippen LogP) is 3.02. The van der Waals surface area contributed by atoms with Gasteiger partial charge in [0.25, 0.3) is 0 Å². The third-order valence-electron chi connectivity index (χ3n) is 2.56. The molecule has 2 aromatic rings. The molecule has 0 atom stereocenters. The minimum absolute atomic E-state index is 0.250. The highest BCUT2D eigenvalue weighted by atomic mass is 16.1. The molecular formula is C16H20N2O. The summed E-state index contributed by atoms with van der Waals surface area (Å²) in [6.07, 6.45) is 0.250. The van der Waals surface area contributed by atoms with Gasteiger partial charge in [-0.05, 0) is 42.7 Å². The van der Waals surface area contributed by atoms with Gasteiger partial charge in [-0.1, -0.05) is 36.4 Å². The summed E-state index contributed by atoms with van der Waals surface area (Å²) in [4.78, 5) is 8.58. The fourth-order valence-corrected chi connectivity index (χ4v) is 1.88. The maximum absolute atomic E-state index is 8.58. The standard InChI is InChI=1S/C15H17N.CH3NO/c1-12-8-13(2)10-15(9-12)16-11-14-6-4-3-5-7-14;2-1-3/h3-10,16H,11H2,1-2H3;1H,(H2,2,3). The van der Waals surface area contributed by atoms with Crippen molar-refractivity contribution < 1.29 is 4.79 Å². The van der Waals surface area contributed by atoms with Gasteiger partial charge in [-0.15, -0.1) is 0 Å². The molecule has 0 radical (unpaired) electrons. The van der Waals surface area contributed by atoms with Crippen LogP contribution in [0.1, 0.15) is 16.7 Å². The van der Waals surface area contributed by atoms with Crippen LogP contribution in [0.5, 0.6) is 0 Å². The van der Waals surface area contributed by atoms with Crippen LogP contribution < -0.4 is 11.1 Å². The maximum atomic E-state index is 8.58. The minimum atomic E-state index is 0.250. The molecule has 3 nitrogen and oxygen atoms in total. The normalized spacial score (nSPS) is 9.16. The highest BCUT2D eigenvalue weighted by Crippen LogP contribution is 2.14. The van der Waals surface area contributed by atoms with Crippen LogP contribution in [0.4, 0.5) is 5.69 Å². The molecule has 0 saturated heterocycles. The first kappa shape index (κ1) is 14.8. The Labute approximate surface area is 114 Å². The molecule has 0 aliphatic carbocycles. The number of rotatable bonds is 3. The number of hydrogen-bond acceptors (Lipinski definition) is 2. The Kier molecular flexibility index (Phi) is 6.16. The van der Waals surface area contributed by atoms with E-state index < -0.39 is 0 Å². The average Bonchev–Trinajstić information content (AvgIpc) is 2.37. The summed E-state index contributed by atoms with van der Waals surface area (Å²) >= 11 is 0. The van der Waals surface area contributed by atoms with Crippen molar-refractivity contribution >= 4 is 12.1 Å². The van der Waals surface area contributed by atoms with Crippen LogP contribution in [0, 0.1) is 13.8 Å². The second-order valence-electron chi connectivity index (χ2n) is 4.35. The molecule has 19 heavy (non-hydrogen) atoms. The summed E-state index contributed by atoms with van der Waals surface area (Å²) < 4.78 is 0. The Balaban J connectivity index is 0.000000550. The van der Waals surface area contributed by atoms with Gasteiger partial charge in [0, 0.05) is 12.2 Å². The number of carbonyl (C=O) groups is 1. The molecule has 0 aromatic heterocycles. The summed E-state index contributed by atoms with van der Waals surface area (Å²) in [7, 11) is 0. The molecule has 3 N–H and O–H groups in total. The molecule has 2 rings (SSSR count). The van der Waals surface area contributed by atoms with Crippen LogP contribution in [-0.2, 0) is 11.3 Å². The molecule has 2 aromatic carbocycles. The van der Waals surface area contributed by atoms with Crippen molar-refractivity contribution in [3.05, 3.63) is 65.2 Å². The zero-order chi connectivity index (χ0) is 14.1. The van der Waals surface area contributed by atoms with E-state index in [9.17, 15) is 0 Å². The van der Waals surface area contributed by atoms with E-state index in [-0.39, 0.29) is 6.41 Å². The van der Waals surface area contributed by atoms with E-state index in [2.05, 4.69) is 67.4 Å². The Morgan fingerprint density at radius 1 is 1.05 bits per heavy atom. The molecule has 0 saturated carbocycles. The van der Waals surface area contributed by atoms with E-state index in [0.717, 1.165) is 6.54 Å². The van der Waals surface area contributed by atoms with E-state index in [1.807, 2.05) is 6.07 Å². The molecule has 0 fully saturated rings. The summed E-state index contributed by atoms with van der Waals surface area (Å²) in [6.45, 7) is 5.13. The Bertz CT molecular complexity index is 489. The second-order valence-corrected chi connectivity index (χ2v) is 4.35. The van der Waals surface area contributed by atoms with Crippen LogP contribution in [0.15, 0.2) is 48.5 Å². The van der Waals surface area contributed by atoms with Crippen LogP contribution in [0.25, 0.3) is 0 Å². The number of amides is 1. The molecular weight excluding hydrogens is 236 g/mol. The van der Waals surface area contributed by atoms with Gasteiger partial charge in [0.2, 0.25) is 6.41 Å². The van der Waals surface area contributed by atoms with Gasteiger partial charge in [-0.25, -0.2) is 0 Å². The fraction of sp³-hybridized carbons (Fsp3) is 0.188. The van der Waals surface area contributed by atoms with Crippen molar-refractivity contribution in [3.63, 3.8) is 0 Å². The van der Waals surface area contributed by atoms with E-state index in [1.54, 1.807) is 0 Å². The fourth-order valence-electron chi connectivity index (χ4n) is 1.88. The van der Waals surface area contributed by atoms with Crippen LogP contribution in [0.3, 0.4) is 0 Å². The quantitative estimate of drug-likeness (QED) is 0.829. The number of nitrogens with one attached hydrogen (secondary N) is 1. The topological polar surface area (TPSA) is 55.1 Å². The van der Waals surface area contributed by atoms with E-state index in [4.69, 9.17) is 4.79 Å². The summed E-state index contributed by atoms with van der Waals surface area (Å²) in [5, 5.41) is 3.44. The smallest absolute Gasteiger partial charge is 0.204 e. The number of aryl methyl sites for hydroxylation is 2. The molecule has 0 bridgehead atoms. The number of carbonyl (C=O) groups excluding carboxylic acids is 1. The van der Waals surface area contributed by atoms with Crippen molar-refractivity contribution in [2.45, 2.75) is 20.4 Å².